The van der Waals surface area contributed by atoms with Crippen LogP contribution in [-0.4, -0.2) is 18.0 Å². The smallest absolute Gasteiger partial charge is 0.243 e. The van der Waals surface area contributed by atoms with Crippen molar-refractivity contribution in [2.45, 2.75) is 13.8 Å². The summed E-state index contributed by atoms with van der Waals surface area (Å²) in [6.07, 6.45) is 0. The van der Waals surface area contributed by atoms with Crippen LogP contribution in [0.25, 0.3) is 0 Å². The van der Waals surface area contributed by atoms with Crippen LogP contribution in [-0.2, 0) is 4.79 Å². The molecule has 0 spiro atoms. The van der Waals surface area contributed by atoms with Gasteiger partial charge in [0.1, 0.15) is 0 Å². The fourth-order valence-corrected chi connectivity index (χ4v) is 1.15. The fourth-order valence-electron chi connectivity index (χ4n) is 1.15. The van der Waals surface area contributed by atoms with E-state index < -0.39 is 0 Å². The highest BCUT2D eigenvalue weighted by Crippen LogP contribution is 2.07. The predicted octanol–water partition coefficient (Wildman–Crippen LogP) is 2.13. The van der Waals surface area contributed by atoms with Crippen LogP contribution >= 0.6 is 0 Å². The van der Waals surface area contributed by atoms with Crippen molar-refractivity contribution in [2.75, 3.05) is 12.5 Å². The van der Waals surface area contributed by atoms with Crippen LogP contribution in [0, 0.1) is 5.92 Å². The third-order valence-electron chi connectivity index (χ3n) is 1.90. The molecule has 0 unspecified atom stereocenters. The standard InChI is InChI=1S/C11H16N2O/c1-9(2)11(14)13(3)12-10-7-5-4-6-8-10/h4-9,12H,1-3H3. The van der Waals surface area contributed by atoms with Gasteiger partial charge < -0.3 is 0 Å². The summed E-state index contributed by atoms with van der Waals surface area (Å²) in [4.78, 5) is 11.5. The van der Waals surface area contributed by atoms with Gasteiger partial charge in [0, 0.05) is 13.0 Å². The zero-order valence-electron chi connectivity index (χ0n) is 8.82. The van der Waals surface area contributed by atoms with Gasteiger partial charge in [0.05, 0.1) is 5.69 Å². The number of nitrogens with zero attached hydrogens (tertiary/aromatic N) is 1. The molecule has 0 bridgehead atoms. The Morgan fingerprint density at radius 2 is 1.86 bits per heavy atom. The molecule has 0 saturated heterocycles. The summed E-state index contributed by atoms with van der Waals surface area (Å²) in [5.41, 5.74) is 3.93. The van der Waals surface area contributed by atoms with Gasteiger partial charge in [-0.2, -0.15) is 0 Å². The Bertz CT molecular complexity index is 295. The Morgan fingerprint density at radius 1 is 1.29 bits per heavy atom. The highest BCUT2D eigenvalue weighted by molar-refractivity contribution is 5.79. The van der Waals surface area contributed by atoms with Crippen molar-refractivity contribution in [1.82, 2.24) is 5.01 Å². The first kappa shape index (κ1) is 10.6. The van der Waals surface area contributed by atoms with E-state index in [0.29, 0.717) is 0 Å². The van der Waals surface area contributed by atoms with Gasteiger partial charge in [0.2, 0.25) is 5.91 Å². The average Bonchev–Trinajstić information content (AvgIpc) is 2.18. The Hall–Kier alpha value is -1.51. The zero-order chi connectivity index (χ0) is 10.6. The van der Waals surface area contributed by atoms with Gasteiger partial charge in [-0.15, -0.1) is 0 Å². The molecular weight excluding hydrogens is 176 g/mol. The molecule has 0 aliphatic heterocycles. The Labute approximate surface area is 84.7 Å². The molecule has 0 heterocycles. The molecule has 0 atom stereocenters. The molecule has 0 fully saturated rings. The summed E-state index contributed by atoms with van der Waals surface area (Å²) in [5.74, 6) is 0.0880. The summed E-state index contributed by atoms with van der Waals surface area (Å²) in [7, 11) is 1.73. The maximum atomic E-state index is 11.5. The molecule has 1 aromatic carbocycles. The molecule has 0 saturated carbocycles. The van der Waals surface area contributed by atoms with E-state index in [-0.39, 0.29) is 11.8 Å². The van der Waals surface area contributed by atoms with Crippen LogP contribution in [0.15, 0.2) is 30.3 Å². The van der Waals surface area contributed by atoms with E-state index in [9.17, 15) is 4.79 Å². The van der Waals surface area contributed by atoms with Gasteiger partial charge in [-0.3, -0.25) is 15.2 Å². The van der Waals surface area contributed by atoms with Gasteiger partial charge in [-0.1, -0.05) is 32.0 Å². The quantitative estimate of drug-likeness (QED) is 0.744. The minimum absolute atomic E-state index is 0.0104. The second kappa shape index (κ2) is 4.65. The van der Waals surface area contributed by atoms with E-state index in [1.807, 2.05) is 44.2 Å². The second-order valence-corrected chi connectivity index (χ2v) is 3.53. The van der Waals surface area contributed by atoms with Crippen LogP contribution in [0.2, 0.25) is 0 Å². The lowest BCUT2D eigenvalue weighted by atomic mass is 10.2. The highest BCUT2D eigenvalue weighted by atomic mass is 16.2. The lowest BCUT2D eigenvalue weighted by molar-refractivity contribution is -0.131. The summed E-state index contributed by atoms with van der Waals surface area (Å²) in [6, 6.07) is 9.63. The molecule has 1 rings (SSSR count). The predicted molar refractivity (Wildman–Crippen MR) is 57.7 cm³/mol. The molecule has 1 aromatic rings. The molecule has 3 nitrogen and oxygen atoms in total. The SMILES string of the molecule is CC(C)C(=O)N(C)Nc1ccccc1. The number of carbonyl (C=O) groups excluding carboxylic acids is 1. The van der Waals surface area contributed by atoms with E-state index in [4.69, 9.17) is 0 Å². The second-order valence-electron chi connectivity index (χ2n) is 3.53. The summed E-state index contributed by atoms with van der Waals surface area (Å²) in [5, 5.41) is 1.51. The zero-order valence-corrected chi connectivity index (χ0v) is 8.82. The van der Waals surface area contributed by atoms with Crippen molar-refractivity contribution in [3.8, 4) is 0 Å². The molecule has 0 aliphatic carbocycles. The van der Waals surface area contributed by atoms with Crippen molar-refractivity contribution in [1.29, 1.82) is 0 Å². The van der Waals surface area contributed by atoms with E-state index in [1.165, 1.54) is 5.01 Å². The van der Waals surface area contributed by atoms with Crippen LogP contribution in [0.1, 0.15) is 13.8 Å². The number of rotatable bonds is 3. The average molecular weight is 192 g/mol. The topological polar surface area (TPSA) is 32.3 Å². The molecule has 14 heavy (non-hydrogen) atoms. The lowest BCUT2D eigenvalue weighted by Gasteiger charge is -2.21. The molecule has 1 amide bonds. The monoisotopic (exact) mass is 192 g/mol. The molecule has 3 heteroatoms. The normalized spacial score (nSPS) is 10.0. The van der Waals surface area contributed by atoms with E-state index >= 15 is 0 Å². The minimum atomic E-state index is 0.0104. The number of anilines is 1. The van der Waals surface area contributed by atoms with Crippen molar-refractivity contribution < 1.29 is 4.79 Å². The van der Waals surface area contributed by atoms with Gasteiger partial charge in [-0.25, -0.2) is 0 Å². The van der Waals surface area contributed by atoms with Crippen molar-refractivity contribution in [3.05, 3.63) is 30.3 Å². The van der Waals surface area contributed by atoms with Gasteiger partial charge >= 0.3 is 0 Å². The number of hydrazine groups is 1. The molecule has 1 N–H and O–H groups in total. The third kappa shape index (κ3) is 2.76. The highest BCUT2D eigenvalue weighted by Gasteiger charge is 2.12. The van der Waals surface area contributed by atoms with Gasteiger partial charge in [-0.05, 0) is 12.1 Å². The Morgan fingerprint density at radius 3 is 2.36 bits per heavy atom. The number of para-hydroxylation sites is 1. The minimum Gasteiger partial charge on any atom is -0.296 e. The van der Waals surface area contributed by atoms with Crippen LogP contribution in [0.5, 0.6) is 0 Å². The molecule has 0 aromatic heterocycles. The summed E-state index contributed by atoms with van der Waals surface area (Å²) < 4.78 is 0. The van der Waals surface area contributed by atoms with E-state index in [1.54, 1.807) is 7.05 Å². The summed E-state index contributed by atoms with van der Waals surface area (Å²) in [6.45, 7) is 3.76. The van der Waals surface area contributed by atoms with Crippen LogP contribution in [0.4, 0.5) is 5.69 Å². The van der Waals surface area contributed by atoms with E-state index in [0.717, 1.165) is 5.69 Å². The number of carbonyl (C=O) groups is 1. The largest absolute Gasteiger partial charge is 0.296 e. The first-order valence-corrected chi connectivity index (χ1v) is 4.70. The molecule has 76 valence electrons. The summed E-state index contributed by atoms with van der Waals surface area (Å²) >= 11 is 0. The first-order valence-electron chi connectivity index (χ1n) is 4.70. The fraction of sp³-hybridized carbons (Fsp3) is 0.364. The van der Waals surface area contributed by atoms with E-state index in [2.05, 4.69) is 5.43 Å². The molecule has 0 aliphatic rings. The van der Waals surface area contributed by atoms with Crippen molar-refractivity contribution >= 4 is 11.6 Å². The Balaban J connectivity index is 2.57. The van der Waals surface area contributed by atoms with Crippen molar-refractivity contribution in [3.63, 3.8) is 0 Å². The molecular formula is C11H16N2O. The number of nitrogens with one attached hydrogen (secondary N) is 1. The van der Waals surface area contributed by atoms with Gasteiger partial charge in [0.15, 0.2) is 0 Å². The van der Waals surface area contributed by atoms with Crippen LogP contribution < -0.4 is 5.43 Å². The maximum absolute atomic E-state index is 11.5. The number of hydrogen-bond acceptors (Lipinski definition) is 2. The lowest BCUT2D eigenvalue weighted by Crippen LogP contribution is -2.35. The first-order chi connectivity index (χ1) is 6.61. The third-order valence-corrected chi connectivity index (χ3v) is 1.90. The molecule has 0 radical (unpaired) electrons. The number of benzene rings is 1. The number of hydrogen-bond donors (Lipinski definition) is 1. The van der Waals surface area contributed by atoms with Crippen LogP contribution in [0.3, 0.4) is 0 Å². The van der Waals surface area contributed by atoms with Gasteiger partial charge in [0.25, 0.3) is 0 Å². The number of amides is 1. The Kier molecular flexibility index (Phi) is 3.51. The maximum Gasteiger partial charge on any atom is 0.243 e. The van der Waals surface area contributed by atoms with Crippen molar-refractivity contribution in [2.24, 2.45) is 5.92 Å².